The van der Waals surface area contributed by atoms with Crippen molar-refractivity contribution in [3.63, 3.8) is 0 Å². The van der Waals surface area contributed by atoms with Crippen molar-refractivity contribution in [1.29, 1.82) is 0 Å². The monoisotopic (exact) mass is 295 g/mol. The Morgan fingerprint density at radius 3 is 2.90 bits per heavy atom. The number of hydrogen-bond acceptors (Lipinski definition) is 3. The molecule has 1 aliphatic rings. The van der Waals surface area contributed by atoms with Gasteiger partial charge in [0, 0.05) is 37.2 Å². The van der Waals surface area contributed by atoms with Crippen LogP contribution in [0.15, 0.2) is 24.3 Å². The normalized spacial score (nSPS) is 19.8. The summed E-state index contributed by atoms with van der Waals surface area (Å²) < 4.78 is 0. The zero-order valence-corrected chi connectivity index (χ0v) is 12.6. The first-order valence-electron chi connectivity index (χ1n) is 7.11. The molecule has 2 N–H and O–H groups in total. The minimum absolute atomic E-state index is 0.104. The third-order valence-corrected chi connectivity index (χ3v) is 3.89. The molecule has 0 unspecified atom stereocenters. The topological polar surface area (TPSA) is 44.4 Å². The van der Waals surface area contributed by atoms with E-state index in [9.17, 15) is 4.79 Å². The van der Waals surface area contributed by atoms with Gasteiger partial charge in [-0.3, -0.25) is 9.69 Å². The first-order valence-corrected chi connectivity index (χ1v) is 7.49. The number of piperazine rings is 1. The summed E-state index contributed by atoms with van der Waals surface area (Å²) in [6.45, 7) is 6.16. The van der Waals surface area contributed by atoms with E-state index in [0.717, 1.165) is 31.1 Å². The zero-order chi connectivity index (χ0) is 14.4. The fourth-order valence-electron chi connectivity index (χ4n) is 2.36. The van der Waals surface area contributed by atoms with E-state index in [1.807, 2.05) is 24.3 Å². The highest BCUT2D eigenvalue weighted by Gasteiger charge is 2.19. The van der Waals surface area contributed by atoms with Gasteiger partial charge in [-0.1, -0.05) is 23.7 Å². The summed E-state index contributed by atoms with van der Waals surface area (Å²) in [5, 5.41) is 7.04. The molecular weight excluding hydrogens is 274 g/mol. The van der Waals surface area contributed by atoms with Crippen LogP contribution in [0.4, 0.5) is 0 Å². The highest BCUT2D eigenvalue weighted by Crippen LogP contribution is 2.09. The number of rotatable bonds is 5. The third kappa shape index (κ3) is 4.78. The average molecular weight is 296 g/mol. The molecule has 1 aromatic carbocycles. The van der Waals surface area contributed by atoms with Crippen LogP contribution < -0.4 is 10.6 Å². The lowest BCUT2D eigenvalue weighted by molar-refractivity contribution is -0.122. The molecule has 0 aromatic heterocycles. The molecule has 1 amide bonds. The minimum Gasteiger partial charge on any atom is -0.355 e. The van der Waals surface area contributed by atoms with Crippen molar-refractivity contribution in [2.45, 2.75) is 19.4 Å². The number of carbonyl (C=O) groups excluding carboxylic acids is 1. The van der Waals surface area contributed by atoms with Gasteiger partial charge in [-0.2, -0.15) is 0 Å². The van der Waals surface area contributed by atoms with E-state index in [1.165, 1.54) is 5.56 Å². The van der Waals surface area contributed by atoms with Crippen LogP contribution in [0.3, 0.4) is 0 Å². The van der Waals surface area contributed by atoms with Crippen molar-refractivity contribution in [2.75, 3.05) is 32.7 Å². The quantitative estimate of drug-likeness (QED) is 0.860. The number of amides is 1. The summed E-state index contributed by atoms with van der Waals surface area (Å²) in [6.07, 6.45) is 0.833. The van der Waals surface area contributed by atoms with E-state index in [-0.39, 0.29) is 5.91 Å². The summed E-state index contributed by atoms with van der Waals surface area (Å²) in [6, 6.07) is 8.16. The maximum atomic E-state index is 11.9. The Labute approximate surface area is 125 Å². The van der Waals surface area contributed by atoms with Gasteiger partial charge in [0.25, 0.3) is 0 Å². The fraction of sp³-hybridized carbons (Fsp3) is 0.533. The molecule has 5 heteroatoms. The van der Waals surface area contributed by atoms with Gasteiger partial charge in [-0.05, 0) is 31.0 Å². The molecule has 0 radical (unpaired) electrons. The number of benzene rings is 1. The molecule has 110 valence electrons. The van der Waals surface area contributed by atoms with Crippen molar-refractivity contribution in [3.8, 4) is 0 Å². The molecular formula is C15H22ClN3O. The predicted octanol–water partition coefficient (Wildman–Crippen LogP) is 1.29. The van der Waals surface area contributed by atoms with Gasteiger partial charge in [0.15, 0.2) is 0 Å². The van der Waals surface area contributed by atoms with Crippen molar-refractivity contribution >= 4 is 17.5 Å². The van der Waals surface area contributed by atoms with E-state index >= 15 is 0 Å². The first-order chi connectivity index (χ1) is 9.65. The van der Waals surface area contributed by atoms with Gasteiger partial charge in [0.1, 0.15) is 0 Å². The van der Waals surface area contributed by atoms with Crippen LogP contribution in [0.2, 0.25) is 5.02 Å². The highest BCUT2D eigenvalue weighted by atomic mass is 35.5. The Kier molecular flexibility index (Phi) is 5.83. The van der Waals surface area contributed by atoms with E-state index < -0.39 is 0 Å². The minimum atomic E-state index is 0.104. The molecule has 1 fully saturated rings. The van der Waals surface area contributed by atoms with Gasteiger partial charge < -0.3 is 10.6 Å². The molecule has 0 saturated carbocycles. The van der Waals surface area contributed by atoms with Gasteiger partial charge >= 0.3 is 0 Å². The molecule has 4 nitrogen and oxygen atoms in total. The molecule has 1 heterocycles. The third-order valence-electron chi connectivity index (χ3n) is 3.63. The molecule has 2 rings (SSSR count). The average Bonchev–Trinajstić information content (AvgIpc) is 2.44. The Balaban J connectivity index is 1.68. The van der Waals surface area contributed by atoms with E-state index in [2.05, 4.69) is 22.5 Å². The van der Waals surface area contributed by atoms with Crippen molar-refractivity contribution in [2.24, 2.45) is 0 Å². The fourth-order valence-corrected chi connectivity index (χ4v) is 2.48. The smallest absolute Gasteiger partial charge is 0.234 e. The molecule has 1 aromatic rings. The number of nitrogens with zero attached hydrogens (tertiary/aromatic N) is 1. The van der Waals surface area contributed by atoms with Crippen LogP contribution in [0.1, 0.15) is 12.5 Å². The van der Waals surface area contributed by atoms with Gasteiger partial charge in [0.05, 0.1) is 6.54 Å². The van der Waals surface area contributed by atoms with E-state index in [1.54, 1.807) is 0 Å². The summed E-state index contributed by atoms with van der Waals surface area (Å²) in [5.41, 5.74) is 1.19. The number of halogens is 1. The van der Waals surface area contributed by atoms with Gasteiger partial charge in [0.2, 0.25) is 5.91 Å². The molecule has 0 aliphatic carbocycles. The van der Waals surface area contributed by atoms with Crippen molar-refractivity contribution in [3.05, 3.63) is 34.9 Å². The second-order valence-electron chi connectivity index (χ2n) is 5.25. The molecule has 1 atom stereocenters. The maximum Gasteiger partial charge on any atom is 0.234 e. The van der Waals surface area contributed by atoms with Crippen molar-refractivity contribution < 1.29 is 4.79 Å². The number of nitrogens with one attached hydrogen (secondary N) is 2. The Morgan fingerprint density at radius 1 is 1.45 bits per heavy atom. The highest BCUT2D eigenvalue weighted by molar-refractivity contribution is 6.30. The van der Waals surface area contributed by atoms with E-state index in [0.29, 0.717) is 19.1 Å². The van der Waals surface area contributed by atoms with Crippen LogP contribution in [0.25, 0.3) is 0 Å². The zero-order valence-electron chi connectivity index (χ0n) is 11.9. The summed E-state index contributed by atoms with van der Waals surface area (Å²) in [7, 11) is 0. The number of hydrogen-bond donors (Lipinski definition) is 2. The number of carbonyl (C=O) groups is 1. The molecule has 20 heavy (non-hydrogen) atoms. The molecule has 0 bridgehead atoms. The van der Waals surface area contributed by atoms with Crippen LogP contribution in [-0.4, -0.2) is 49.6 Å². The molecule has 1 saturated heterocycles. The Bertz CT molecular complexity index is 435. The van der Waals surface area contributed by atoms with Crippen LogP contribution in [-0.2, 0) is 11.2 Å². The second-order valence-corrected chi connectivity index (χ2v) is 5.69. The van der Waals surface area contributed by atoms with Crippen molar-refractivity contribution in [1.82, 2.24) is 15.5 Å². The lowest BCUT2D eigenvalue weighted by atomic mass is 10.1. The van der Waals surface area contributed by atoms with E-state index in [4.69, 9.17) is 11.6 Å². The summed E-state index contributed by atoms with van der Waals surface area (Å²) in [5.74, 6) is 0.104. The van der Waals surface area contributed by atoms with Crippen LogP contribution in [0.5, 0.6) is 0 Å². The maximum absolute atomic E-state index is 11.9. The summed E-state index contributed by atoms with van der Waals surface area (Å²) in [4.78, 5) is 14.1. The molecule has 0 spiro atoms. The van der Waals surface area contributed by atoms with Gasteiger partial charge in [-0.15, -0.1) is 0 Å². The largest absolute Gasteiger partial charge is 0.355 e. The Hall–Kier alpha value is -1.10. The first kappa shape index (κ1) is 15.3. The standard InChI is InChI=1S/C15H22ClN3O/c1-12-10-17-8-9-19(12)11-15(20)18-7-6-13-2-4-14(16)5-3-13/h2-5,12,17H,6-11H2,1H3,(H,18,20)/t12-/m1/s1. The lowest BCUT2D eigenvalue weighted by Gasteiger charge is -2.33. The predicted molar refractivity (Wildman–Crippen MR) is 82.1 cm³/mol. The lowest BCUT2D eigenvalue weighted by Crippen LogP contribution is -2.52. The van der Waals surface area contributed by atoms with Gasteiger partial charge in [-0.25, -0.2) is 0 Å². The van der Waals surface area contributed by atoms with Crippen LogP contribution >= 0.6 is 11.6 Å². The van der Waals surface area contributed by atoms with Crippen LogP contribution in [0, 0.1) is 0 Å². The molecule has 1 aliphatic heterocycles. The Morgan fingerprint density at radius 2 is 2.20 bits per heavy atom. The second kappa shape index (κ2) is 7.62. The summed E-state index contributed by atoms with van der Waals surface area (Å²) >= 11 is 5.84. The SMILES string of the molecule is C[C@@H]1CNCCN1CC(=O)NCCc1ccc(Cl)cc1.